The summed E-state index contributed by atoms with van der Waals surface area (Å²) in [6, 6.07) is 10.6. The Morgan fingerprint density at radius 1 is 1.29 bits per heavy atom. The van der Waals surface area contributed by atoms with Crippen LogP contribution < -0.4 is 5.32 Å². The maximum absolute atomic E-state index is 3.74. The maximum Gasteiger partial charge on any atom is 0.0325 e. The van der Waals surface area contributed by atoms with E-state index in [0.29, 0.717) is 24.0 Å². The van der Waals surface area contributed by atoms with Gasteiger partial charge in [-0.15, -0.1) is 0 Å². The average Bonchev–Trinajstić information content (AvgIpc) is 2.49. The Morgan fingerprint density at radius 2 is 2.00 bits per heavy atom. The number of benzene rings is 1. The highest BCUT2D eigenvalue weighted by Gasteiger charge is 2.34. The zero-order valence-electron chi connectivity index (χ0n) is 14.4. The summed E-state index contributed by atoms with van der Waals surface area (Å²) >= 11 is 0. The topological polar surface area (TPSA) is 15.3 Å². The fourth-order valence-electron chi connectivity index (χ4n) is 3.79. The number of nitrogens with zero attached hydrogens (tertiary/aromatic N) is 1. The number of aryl methyl sites for hydroxylation is 1. The Bertz CT molecular complexity index is 443. The Labute approximate surface area is 130 Å². The molecular formula is C19H32N2. The van der Waals surface area contributed by atoms with Crippen molar-refractivity contribution in [2.45, 2.75) is 65.6 Å². The third kappa shape index (κ3) is 3.67. The summed E-state index contributed by atoms with van der Waals surface area (Å²) < 4.78 is 0. The molecule has 1 fully saturated rings. The van der Waals surface area contributed by atoms with Crippen LogP contribution in [-0.4, -0.2) is 30.1 Å². The van der Waals surface area contributed by atoms with Crippen LogP contribution >= 0.6 is 0 Å². The summed E-state index contributed by atoms with van der Waals surface area (Å²) in [6.45, 7) is 14.0. The molecule has 1 aliphatic heterocycles. The van der Waals surface area contributed by atoms with Crippen molar-refractivity contribution in [2.24, 2.45) is 5.92 Å². The lowest BCUT2D eigenvalue weighted by molar-refractivity contribution is 0.0523. The van der Waals surface area contributed by atoms with Crippen molar-refractivity contribution >= 4 is 0 Å². The van der Waals surface area contributed by atoms with E-state index >= 15 is 0 Å². The molecule has 2 heteroatoms. The molecule has 0 saturated carbocycles. The lowest BCUT2D eigenvalue weighted by Crippen LogP contribution is -2.54. The number of nitrogens with one attached hydrogen (secondary N) is 1. The van der Waals surface area contributed by atoms with E-state index < -0.39 is 0 Å². The van der Waals surface area contributed by atoms with Crippen LogP contribution in [0.25, 0.3) is 0 Å². The number of likely N-dealkylation sites (tertiary alicyclic amines) is 1. The quantitative estimate of drug-likeness (QED) is 0.875. The molecule has 1 aromatic carbocycles. The zero-order chi connectivity index (χ0) is 15.4. The largest absolute Gasteiger partial charge is 0.314 e. The summed E-state index contributed by atoms with van der Waals surface area (Å²) in [5.74, 6) is 0.705. The Kier molecular flexibility index (Phi) is 5.83. The van der Waals surface area contributed by atoms with E-state index in [2.05, 4.69) is 69.1 Å². The van der Waals surface area contributed by atoms with Crippen LogP contribution in [-0.2, 0) is 0 Å². The number of hydrogen-bond acceptors (Lipinski definition) is 2. The number of piperidine rings is 1. The fourth-order valence-corrected chi connectivity index (χ4v) is 3.79. The monoisotopic (exact) mass is 288 g/mol. The average molecular weight is 288 g/mol. The van der Waals surface area contributed by atoms with Crippen LogP contribution in [0.3, 0.4) is 0 Å². The first kappa shape index (κ1) is 16.5. The van der Waals surface area contributed by atoms with Gasteiger partial charge in [0, 0.05) is 24.7 Å². The normalized spacial score (nSPS) is 28.5. The number of rotatable bonds is 5. The van der Waals surface area contributed by atoms with Crippen molar-refractivity contribution < 1.29 is 0 Å². The highest BCUT2D eigenvalue weighted by Crippen LogP contribution is 2.32. The Balaban J connectivity index is 2.07. The molecular weight excluding hydrogens is 256 g/mol. The second-order valence-electron chi connectivity index (χ2n) is 6.72. The summed E-state index contributed by atoms with van der Waals surface area (Å²) in [5, 5.41) is 3.74. The van der Waals surface area contributed by atoms with E-state index in [0.717, 1.165) is 6.54 Å². The molecule has 0 aliphatic carbocycles. The predicted octanol–water partition coefficient (Wildman–Crippen LogP) is 4.15. The molecule has 1 aliphatic rings. The van der Waals surface area contributed by atoms with Gasteiger partial charge in [-0.1, -0.05) is 38.1 Å². The lowest BCUT2D eigenvalue weighted by atomic mass is 9.85. The summed E-state index contributed by atoms with van der Waals surface area (Å²) in [7, 11) is 0. The summed E-state index contributed by atoms with van der Waals surface area (Å²) in [6.07, 6.45) is 2.49. The van der Waals surface area contributed by atoms with Gasteiger partial charge >= 0.3 is 0 Å². The van der Waals surface area contributed by atoms with Gasteiger partial charge in [0.1, 0.15) is 0 Å². The van der Waals surface area contributed by atoms with E-state index in [4.69, 9.17) is 0 Å². The first-order valence-corrected chi connectivity index (χ1v) is 8.60. The molecule has 0 bridgehead atoms. The Morgan fingerprint density at radius 3 is 2.67 bits per heavy atom. The molecule has 0 radical (unpaired) electrons. The van der Waals surface area contributed by atoms with E-state index in [-0.39, 0.29) is 0 Å². The van der Waals surface area contributed by atoms with Crippen molar-refractivity contribution in [3.63, 3.8) is 0 Å². The van der Waals surface area contributed by atoms with Gasteiger partial charge in [0.2, 0.25) is 0 Å². The minimum Gasteiger partial charge on any atom is -0.314 e. The molecule has 0 aromatic heterocycles. The predicted molar refractivity (Wildman–Crippen MR) is 91.6 cm³/mol. The van der Waals surface area contributed by atoms with Gasteiger partial charge in [-0.3, -0.25) is 4.90 Å². The second-order valence-corrected chi connectivity index (χ2v) is 6.72. The van der Waals surface area contributed by atoms with Gasteiger partial charge in [0.15, 0.2) is 0 Å². The molecule has 1 N–H and O–H groups in total. The molecule has 0 amide bonds. The minimum absolute atomic E-state index is 0.510. The van der Waals surface area contributed by atoms with Gasteiger partial charge in [-0.25, -0.2) is 0 Å². The molecule has 1 heterocycles. The molecule has 0 spiro atoms. The van der Waals surface area contributed by atoms with Gasteiger partial charge in [0.05, 0.1) is 0 Å². The SMILES string of the molecule is CCCNC1CCN(C(C)c2ccccc2C)C(C)C1C. The van der Waals surface area contributed by atoms with Crippen molar-refractivity contribution in [3.05, 3.63) is 35.4 Å². The standard InChI is InChI=1S/C19H32N2/c1-6-12-20-19-11-13-21(16(4)15(19)3)17(5)18-10-8-7-9-14(18)2/h7-10,15-17,19-20H,6,11-13H2,1-5H3. The maximum atomic E-state index is 3.74. The highest BCUT2D eigenvalue weighted by atomic mass is 15.2. The van der Waals surface area contributed by atoms with Gasteiger partial charge in [-0.2, -0.15) is 0 Å². The molecule has 4 unspecified atom stereocenters. The third-order valence-corrected chi connectivity index (χ3v) is 5.41. The van der Waals surface area contributed by atoms with Crippen LogP contribution in [0.2, 0.25) is 0 Å². The van der Waals surface area contributed by atoms with E-state index in [9.17, 15) is 0 Å². The van der Waals surface area contributed by atoms with E-state index in [1.54, 1.807) is 0 Å². The zero-order valence-corrected chi connectivity index (χ0v) is 14.4. The van der Waals surface area contributed by atoms with Crippen LogP contribution in [0.5, 0.6) is 0 Å². The summed E-state index contributed by atoms with van der Waals surface area (Å²) in [5.41, 5.74) is 2.90. The van der Waals surface area contributed by atoms with Gasteiger partial charge < -0.3 is 5.32 Å². The van der Waals surface area contributed by atoms with E-state index in [1.165, 1.54) is 30.5 Å². The third-order valence-electron chi connectivity index (χ3n) is 5.41. The van der Waals surface area contributed by atoms with E-state index in [1.807, 2.05) is 0 Å². The molecule has 1 aromatic rings. The van der Waals surface area contributed by atoms with Crippen LogP contribution in [0.4, 0.5) is 0 Å². The van der Waals surface area contributed by atoms with Crippen molar-refractivity contribution in [3.8, 4) is 0 Å². The van der Waals surface area contributed by atoms with Gasteiger partial charge in [-0.05, 0) is 57.2 Å². The molecule has 2 nitrogen and oxygen atoms in total. The molecule has 118 valence electrons. The molecule has 1 saturated heterocycles. The highest BCUT2D eigenvalue weighted by molar-refractivity contribution is 5.28. The molecule has 4 atom stereocenters. The first-order chi connectivity index (χ1) is 10.1. The van der Waals surface area contributed by atoms with Crippen LogP contribution in [0.15, 0.2) is 24.3 Å². The van der Waals surface area contributed by atoms with Crippen molar-refractivity contribution in [1.82, 2.24) is 10.2 Å². The fraction of sp³-hybridized carbons (Fsp3) is 0.684. The minimum atomic E-state index is 0.510. The lowest BCUT2D eigenvalue weighted by Gasteiger charge is -2.46. The first-order valence-electron chi connectivity index (χ1n) is 8.60. The van der Waals surface area contributed by atoms with Crippen LogP contribution in [0, 0.1) is 12.8 Å². The number of hydrogen-bond donors (Lipinski definition) is 1. The van der Waals surface area contributed by atoms with Crippen molar-refractivity contribution in [2.75, 3.05) is 13.1 Å². The summed E-state index contributed by atoms with van der Waals surface area (Å²) in [4.78, 5) is 2.69. The van der Waals surface area contributed by atoms with Gasteiger partial charge in [0.25, 0.3) is 0 Å². The molecule has 2 rings (SSSR count). The van der Waals surface area contributed by atoms with Crippen molar-refractivity contribution in [1.29, 1.82) is 0 Å². The Hall–Kier alpha value is -0.860. The van der Waals surface area contributed by atoms with Crippen LogP contribution in [0.1, 0.15) is 57.7 Å². The smallest absolute Gasteiger partial charge is 0.0325 e. The molecule has 21 heavy (non-hydrogen) atoms. The second kappa shape index (κ2) is 7.42.